The smallest absolute Gasteiger partial charge is 0.411 e. The molecule has 0 saturated heterocycles. The van der Waals surface area contributed by atoms with Crippen LogP contribution in [0.1, 0.15) is 53.0 Å². The first-order chi connectivity index (χ1) is 23.5. The van der Waals surface area contributed by atoms with Gasteiger partial charge in [-0.3, -0.25) is 4.90 Å². The second-order valence-corrected chi connectivity index (χ2v) is 12.0. The Morgan fingerprint density at radius 3 is 1.73 bits per heavy atom. The lowest BCUT2D eigenvalue weighted by molar-refractivity contribution is -0.144. The highest BCUT2D eigenvalue weighted by molar-refractivity contribution is 5.83. The molecular formula is C41H40N2O5. The fraction of sp³-hybridized carbons (Fsp3) is 0.220. The van der Waals surface area contributed by atoms with E-state index < -0.39 is 23.6 Å². The molecule has 0 saturated carbocycles. The minimum atomic E-state index is -1.39. The second kappa shape index (κ2) is 14.6. The molecule has 0 aliphatic heterocycles. The molecule has 0 spiro atoms. The largest absolute Gasteiger partial charge is 0.497 e. The number of nitrogens with two attached hydrogens (primary N) is 1. The molecule has 3 N–H and O–H groups in total. The molecule has 0 heterocycles. The zero-order chi connectivity index (χ0) is 33.5. The highest BCUT2D eigenvalue weighted by Crippen LogP contribution is 2.47. The van der Waals surface area contributed by atoms with E-state index in [9.17, 15) is 14.7 Å². The van der Waals surface area contributed by atoms with Crippen molar-refractivity contribution in [2.75, 3.05) is 20.3 Å². The zero-order valence-electron chi connectivity index (χ0n) is 27.0. The number of amides is 1. The van der Waals surface area contributed by atoms with E-state index >= 15 is 0 Å². The number of ether oxygens (including phenoxy) is 2. The maximum absolute atomic E-state index is 15.0. The Hall–Kier alpha value is -5.40. The fourth-order valence-corrected chi connectivity index (χ4v) is 7.11. The fourth-order valence-electron chi connectivity index (χ4n) is 7.11. The van der Waals surface area contributed by atoms with Gasteiger partial charge in [0.2, 0.25) is 0 Å². The van der Waals surface area contributed by atoms with Gasteiger partial charge in [-0.05, 0) is 76.9 Å². The van der Waals surface area contributed by atoms with Crippen molar-refractivity contribution in [1.82, 2.24) is 4.90 Å². The average Bonchev–Trinajstić information content (AvgIpc) is 3.46. The van der Waals surface area contributed by atoms with Gasteiger partial charge in [-0.25, -0.2) is 9.59 Å². The lowest BCUT2D eigenvalue weighted by Gasteiger charge is -2.47. The van der Waals surface area contributed by atoms with E-state index in [1.165, 1.54) is 4.90 Å². The number of rotatable bonds is 13. The summed E-state index contributed by atoms with van der Waals surface area (Å²) in [6.07, 6.45) is 0.603. The Morgan fingerprint density at radius 2 is 1.23 bits per heavy atom. The van der Waals surface area contributed by atoms with Crippen LogP contribution in [0.4, 0.5) is 4.79 Å². The SMILES string of the molecule is COc1ccc(C(c2ccccc2)(c2ccccc2)N(C(=O)OCC2c3ccccc3-c3ccccc32)C(CCCCN)C(=O)O)cc1. The first kappa shape index (κ1) is 32.5. The van der Waals surface area contributed by atoms with Crippen molar-refractivity contribution < 1.29 is 24.2 Å². The van der Waals surface area contributed by atoms with Crippen LogP contribution in [0.3, 0.4) is 0 Å². The molecule has 1 aliphatic carbocycles. The second-order valence-electron chi connectivity index (χ2n) is 12.0. The van der Waals surface area contributed by atoms with Crippen molar-refractivity contribution in [2.45, 2.75) is 36.8 Å². The third-order valence-corrected chi connectivity index (χ3v) is 9.31. The third kappa shape index (κ3) is 6.05. The van der Waals surface area contributed by atoms with E-state index in [-0.39, 0.29) is 18.9 Å². The molecule has 1 atom stereocenters. The highest BCUT2D eigenvalue weighted by Gasteiger charge is 2.50. The number of aliphatic carboxylic acids is 1. The Bertz CT molecular complexity index is 1760. The summed E-state index contributed by atoms with van der Waals surface area (Å²) < 4.78 is 11.8. The Morgan fingerprint density at radius 1 is 0.729 bits per heavy atom. The van der Waals surface area contributed by atoms with E-state index in [0.717, 1.165) is 33.4 Å². The topological polar surface area (TPSA) is 102 Å². The van der Waals surface area contributed by atoms with Crippen LogP contribution in [0, 0.1) is 0 Å². The molecule has 48 heavy (non-hydrogen) atoms. The number of methoxy groups -OCH3 is 1. The molecule has 1 aliphatic rings. The molecule has 244 valence electrons. The molecule has 0 radical (unpaired) electrons. The Labute approximate surface area is 281 Å². The van der Waals surface area contributed by atoms with Gasteiger partial charge < -0.3 is 20.3 Å². The van der Waals surface area contributed by atoms with E-state index in [1.54, 1.807) is 7.11 Å². The van der Waals surface area contributed by atoms with Crippen LogP contribution in [0.25, 0.3) is 11.1 Å². The molecule has 0 fully saturated rings. The Kier molecular flexibility index (Phi) is 9.88. The summed E-state index contributed by atoms with van der Waals surface area (Å²) in [4.78, 5) is 29.8. The number of fused-ring (bicyclic) bond motifs is 3. The molecule has 1 unspecified atom stereocenters. The quantitative estimate of drug-likeness (QED) is 0.101. The molecule has 0 aromatic heterocycles. The Balaban J connectivity index is 1.53. The molecule has 5 aromatic carbocycles. The number of hydrogen-bond acceptors (Lipinski definition) is 5. The van der Waals surface area contributed by atoms with Crippen LogP contribution in [0.2, 0.25) is 0 Å². The molecule has 0 bridgehead atoms. The first-order valence-electron chi connectivity index (χ1n) is 16.3. The number of carbonyl (C=O) groups excluding carboxylic acids is 1. The molecule has 1 amide bonds. The number of hydrogen-bond donors (Lipinski definition) is 2. The van der Waals surface area contributed by atoms with Crippen molar-refractivity contribution in [3.05, 3.63) is 161 Å². The van der Waals surface area contributed by atoms with Gasteiger partial charge in [0.25, 0.3) is 0 Å². The normalized spacial score (nSPS) is 12.9. The highest BCUT2D eigenvalue weighted by atomic mass is 16.6. The lowest BCUT2D eigenvalue weighted by Crippen LogP contribution is -2.58. The van der Waals surface area contributed by atoms with Crippen LogP contribution in [-0.2, 0) is 15.1 Å². The maximum atomic E-state index is 15.0. The first-order valence-corrected chi connectivity index (χ1v) is 16.3. The van der Waals surface area contributed by atoms with Gasteiger partial charge in [0, 0.05) is 5.92 Å². The van der Waals surface area contributed by atoms with E-state index in [4.69, 9.17) is 15.2 Å². The van der Waals surface area contributed by atoms with Crippen LogP contribution in [0.5, 0.6) is 5.75 Å². The minimum Gasteiger partial charge on any atom is -0.497 e. The number of carbonyl (C=O) groups is 2. The van der Waals surface area contributed by atoms with Crippen LogP contribution >= 0.6 is 0 Å². The lowest BCUT2D eigenvalue weighted by atomic mass is 9.74. The molecule has 7 heteroatoms. The van der Waals surface area contributed by atoms with E-state index in [1.807, 2.05) is 109 Å². The molecular weight excluding hydrogens is 600 g/mol. The summed E-state index contributed by atoms with van der Waals surface area (Å²) in [6.45, 7) is 0.457. The van der Waals surface area contributed by atoms with Gasteiger partial charge in [-0.1, -0.05) is 121 Å². The summed E-state index contributed by atoms with van der Waals surface area (Å²) in [5, 5.41) is 10.9. The van der Waals surface area contributed by atoms with Gasteiger partial charge in [0.05, 0.1) is 7.11 Å². The molecule has 7 nitrogen and oxygen atoms in total. The monoisotopic (exact) mass is 640 g/mol. The molecule has 6 rings (SSSR count). The average molecular weight is 641 g/mol. The van der Waals surface area contributed by atoms with Crippen molar-refractivity contribution in [2.24, 2.45) is 5.73 Å². The maximum Gasteiger partial charge on any atom is 0.411 e. The van der Waals surface area contributed by atoms with Crippen LogP contribution in [-0.4, -0.2) is 48.4 Å². The van der Waals surface area contributed by atoms with Gasteiger partial charge in [0.1, 0.15) is 23.9 Å². The standard InChI is InChI=1S/C41H40N2O5/c1-47-32-25-23-31(24-26-32)41(29-14-4-2-5-15-29,30-16-6-3-7-17-30)43(38(39(44)45)22-12-13-27-42)40(46)48-28-37-35-20-10-8-18-33(35)34-19-9-11-21-36(34)37/h2-11,14-21,23-26,37-38H,12-13,22,27-28,42H2,1H3,(H,44,45). The predicted octanol–water partition coefficient (Wildman–Crippen LogP) is 7.82. The predicted molar refractivity (Wildman–Crippen MR) is 187 cm³/mol. The van der Waals surface area contributed by atoms with Crippen molar-refractivity contribution in [3.8, 4) is 16.9 Å². The van der Waals surface area contributed by atoms with Crippen molar-refractivity contribution in [3.63, 3.8) is 0 Å². The van der Waals surface area contributed by atoms with E-state index in [2.05, 4.69) is 24.3 Å². The summed E-state index contributed by atoms with van der Waals surface area (Å²) in [7, 11) is 1.59. The number of benzene rings is 5. The van der Waals surface area contributed by atoms with Crippen molar-refractivity contribution >= 4 is 12.1 Å². The zero-order valence-corrected chi connectivity index (χ0v) is 27.0. The molecule has 5 aromatic rings. The summed E-state index contributed by atoms with van der Waals surface area (Å²) in [6, 6.07) is 41.6. The minimum absolute atomic E-state index is 0.0424. The van der Waals surface area contributed by atoms with Crippen LogP contribution < -0.4 is 10.5 Å². The summed E-state index contributed by atoms with van der Waals surface area (Å²) in [5.41, 5.74) is 11.0. The third-order valence-electron chi connectivity index (χ3n) is 9.31. The number of unbranched alkanes of at least 4 members (excludes halogenated alkanes) is 1. The van der Waals surface area contributed by atoms with Gasteiger partial charge >= 0.3 is 12.1 Å². The number of carboxylic acids is 1. The van der Waals surface area contributed by atoms with E-state index in [0.29, 0.717) is 30.7 Å². The summed E-state index contributed by atoms with van der Waals surface area (Å²) in [5.74, 6) is -0.683. The van der Waals surface area contributed by atoms with Crippen molar-refractivity contribution in [1.29, 1.82) is 0 Å². The van der Waals surface area contributed by atoms with Gasteiger partial charge in [-0.15, -0.1) is 0 Å². The number of nitrogens with zero attached hydrogens (tertiary/aromatic N) is 1. The van der Waals surface area contributed by atoms with Crippen LogP contribution in [0.15, 0.2) is 133 Å². The number of carboxylic acid groups (broad SMARTS) is 1. The van der Waals surface area contributed by atoms with Gasteiger partial charge in [0.15, 0.2) is 0 Å². The summed E-state index contributed by atoms with van der Waals surface area (Å²) >= 11 is 0. The van der Waals surface area contributed by atoms with Gasteiger partial charge in [-0.2, -0.15) is 0 Å².